The Bertz CT molecular complexity index is 262. The van der Waals surface area contributed by atoms with Gasteiger partial charge in [0.2, 0.25) is 5.91 Å². The summed E-state index contributed by atoms with van der Waals surface area (Å²) in [6.07, 6.45) is 8.59. The summed E-state index contributed by atoms with van der Waals surface area (Å²) in [7, 11) is 0. The molecule has 0 bridgehead atoms. The predicted molar refractivity (Wildman–Crippen MR) is 62.5 cm³/mol. The van der Waals surface area contributed by atoms with Crippen molar-refractivity contribution in [3.05, 3.63) is 0 Å². The van der Waals surface area contributed by atoms with Gasteiger partial charge in [-0.15, -0.1) is 12.3 Å². The molecule has 1 heterocycles. The summed E-state index contributed by atoms with van der Waals surface area (Å²) >= 11 is 1.72. The fourth-order valence-corrected chi connectivity index (χ4v) is 2.30. The number of carbonyl (C=O) groups excluding carboxylic acids is 1. The quantitative estimate of drug-likeness (QED) is 0.699. The molecule has 0 aromatic carbocycles. The molecular weight excluding hydrogens is 210 g/mol. The first-order valence-electron chi connectivity index (χ1n) is 5.08. The highest BCUT2D eigenvalue weighted by Gasteiger charge is 2.32. The number of thioether (sulfide) groups is 1. The smallest absolute Gasteiger partial charge is 0.224 e. The number of terminal acetylenes is 1. The van der Waals surface area contributed by atoms with Gasteiger partial charge in [0.05, 0.1) is 12.6 Å². The lowest BCUT2D eigenvalue weighted by molar-refractivity contribution is -0.130. The molecule has 1 N–H and O–H groups in total. The minimum absolute atomic E-state index is 0.0285. The third-order valence-corrected chi connectivity index (χ3v) is 3.34. The Hall–Kier alpha value is -0.660. The fourth-order valence-electron chi connectivity index (χ4n) is 1.80. The number of likely N-dealkylation sites (tertiary alicyclic amines) is 1. The van der Waals surface area contributed by atoms with E-state index in [-0.39, 0.29) is 24.5 Å². The molecule has 2 unspecified atom stereocenters. The van der Waals surface area contributed by atoms with E-state index in [1.54, 1.807) is 16.7 Å². The summed E-state index contributed by atoms with van der Waals surface area (Å²) in [4.78, 5) is 13.4. The second-order valence-corrected chi connectivity index (χ2v) is 4.72. The Morgan fingerprint density at radius 2 is 2.53 bits per heavy atom. The molecule has 1 saturated heterocycles. The van der Waals surface area contributed by atoms with Gasteiger partial charge in [0.1, 0.15) is 0 Å². The SMILES string of the molecule is C#CC1CC(=O)N(C(CO)CCSC)C1. The molecule has 1 amide bonds. The summed E-state index contributed by atoms with van der Waals surface area (Å²) < 4.78 is 0. The van der Waals surface area contributed by atoms with Gasteiger partial charge in [0, 0.05) is 18.9 Å². The summed E-state index contributed by atoms with van der Waals surface area (Å²) in [5, 5.41) is 9.24. The van der Waals surface area contributed by atoms with Crippen LogP contribution < -0.4 is 0 Å². The second kappa shape index (κ2) is 6.04. The van der Waals surface area contributed by atoms with Gasteiger partial charge in [-0.05, 0) is 18.4 Å². The average Bonchev–Trinajstić information content (AvgIpc) is 2.61. The number of rotatable bonds is 5. The lowest BCUT2D eigenvalue weighted by atomic mass is 10.1. The van der Waals surface area contributed by atoms with E-state index in [4.69, 9.17) is 6.42 Å². The Kier molecular flexibility index (Phi) is 5.00. The summed E-state index contributed by atoms with van der Waals surface area (Å²) in [5.41, 5.74) is 0. The number of hydrogen-bond donors (Lipinski definition) is 1. The minimum atomic E-state index is -0.0525. The standard InChI is InChI=1S/C11H17NO2S/c1-3-9-6-11(14)12(7-9)10(8-13)4-5-15-2/h1,9-10,13H,4-8H2,2H3. The normalized spacial score (nSPS) is 22.9. The van der Waals surface area contributed by atoms with E-state index in [2.05, 4.69) is 5.92 Å². The molecule has 1 aliphatic heterocycles. The Morgan fingerprint density at radius 3 is 3.00 bits per heavy atom. The molecular formula is C11H17NO2S. The fraction of sp³-hybridized carbons (Fsp3) is 0.727. The molecule has 1 rings (SSSR count). The van der Waals surface area contributed by atoms with Crippen molar-refractivity contribution in [1.82, 2.24) is 4.90 Å². The van der Waals surface area contributed by atoms with Crippen LogP contribution in [0.25, 0.3) is 0 Å². The first-order valence-corrected chi connectivity index (χ1v) is 6.47. The highest BCUT2D eigenvalue weighted by Crippen LogP contribution is 2.21. The molecule has 0 aliphatic carbocycles. The van der Waals surface area contributed by atoms with E-state index in [9.17, 15) is 9.90 Å². The van der Waals surface area contributed by atoms with Gasteiger partial charge in [-0.1, -0.05) is 0 Å². The van der Waals surface area contributed by atoms with Crippen LogP contribution in [-0.2, 0) is 4.79 Å². The van der Waals surface area contributed by atoms with Crippen LogP contribution in [0, 0.1) is 18.3 Å². The second-order valence-electron chi connectivity index (χ2n) is 3.73. The van der Waals surface area contributed by atoms with E-state index in [0.717, 1.165) is 12.2 Å². The lowest BCUT2D eigenvalue weighted by Crippen LogP contribution is -2.39. The van der Waals surface area contributed by atoms with E-state index >= 15 is 0 Å². The minimum Gasteiger partial charge on any atom is -0.394 e. The highest BCUT2D eigenvalue weighted by molar-refractivity contribution is 7.98. The van der Waals surface area contributed by atoms with E-state index in [1.165, 1.54) is 0 Å². The van der Waals surface area contributed by atoms with Gasteiger partial charge < -0.3 is 10.0 Å². The monoisotopic (exact) mass is 227 g/mol. The van der Waals surface area contributed by atoms with Crippen LogP contribution in [0.5, 0.6) is 0 Å². The molecule has 3 nitrogen and oxygen atoms in total. The van der Waals surface area contributed by atoms with Crippen LogP contribution in [0.15, 0.2) is 0 Å². The molecule has 1 fully saturated rings. The zero-order valence-corrected chi connectivity index (χ0v) is 9.80. The van der Waals surface area contributed by atoms with Crippen molar-refractivity contribution in [2.45, 2.75) is 18.9 Å². The molecule has 0 radical (unpaired) electrons. The summed E-state index contributed by atoms with van der Waals surface area (Å²) in [6, 6.07) is -0.0525. The van der Waals surface area contributed by atoms with Crippen molar-refractivity contribution in [2.75, 3.05) is 25.2 Å². The maximum Gasteiger partial charge on any atom is 0.224 e. The predicted octanol–water partition coefficient (Wildman–Crippen LogP) is 0.582. The number of hydrogen-bond acceptors (Lipinski definition) is 3. The maximum absolute atomic E-state index is 11.6. The number of amides is 1. The first-order chi connectivity index (χ1) is 7.22. The molecule has 4 heteroatoms. The van der Waals surface area contributed by atoms with E-state index in [1.807, 2.05) is 6.26 Å². The van der Waals surface area contributed by atoms with Crippen LogP contribution in [0.4, 0.5) is 0 Å². The maximum atomic E-state index is 11.6. The lowest BCUT2D eigenvalue weighted by Gasteiger charge is -2.25. The van der Waals surface area contributed by atoms with Crippen molar-refractivity contribution < 1.29 is 9.90 Å². The third-order valence-electron chi connectivity index (χ3n) is 2.70. The molecule has 0 aromatic heterocycles. The van der Waals surface area contributed by atoms with Crippen LogP contribution in [0.2, 0.25) is 0 Å². The van der Waals surface area contributed by atoms with Gasteiger partial charge in [-0.2, -0.15) is 11.8 Å². The van der Waals surface area contributed by atoms with Gasteiger partial charge in [0.15, 0.2) is 0 Å². The van der Waals surface area contributed by atoms with Crippen LogP contribution >= 0.6 is 11.8 Å². The molecule has 84 valence electrons. The van der Waals surface area contributed by atoms with Crippen molar-refractivity contribution in [1.29, 1.82) is 0 Å². The van der Waals surface area contributed by atoms with Crippen molar-refractivity contribution in [3.8, 4) is 12.3 Å². The highest BCUT2D eigenvalue weighted by atomic mass is 32.2. The Labute approximate surface area is 95.2 Å². The number of nitrogens with zero attached hydrogens (tertiary/aromatic N) is 1. The van der Waals surface area contributed by atoms with Gasteiger partial charge in [0.25, 0.3) is 0 Å². The Balaban J connectivity index is 2.53. The molecule has 0 spiro atoms. The average molecular weight is 227 g/mol. The molecule has 2 atom stereocenters. The molecule has 15 heavy (non-hydrogen) atoms. The van der Waals surface area contributed by atoms with Crippen LogP contribution in [0.1, 0.15) is 12.8 Å². The number of carbonyl (C=O) groups is 1. The number of aliphatic hydroxyl groups is 1. The number of aliphatic hydroxyl groups excluding tert-OH is 1. The van der Waals surface area contributed by atoms with E-state index < -0.39 is 0 Å². The summed E-state index contributed by atoms with van der Waals surface area (Å²) in [5.74, 6) is 3.67. The topological polar surface area (TPSA) is 40.5 Å². The molecule has 1 aliphatic rings. The third kappa shape index (κ3) is 3.15. The van der Waals surface area contributed by atoms with Gasteiger partial charge in [-0.3, -0.25) is 4.79 Å². The Morgan fingerprint density at radius 1 is 1.80 bits per heavy atom. The largest absolute Gasteiger partial charge is 0.394 e. The zero-order chi connectivity index (χ0) is 11.3. The zero-order valence-electron chi connectivity index (χ0n) is 8.98. The van der Waals surface area contributed by atoms with Crippen LogP contribution in [-0.4, -0.2) is 47.1 Å². The first kappa shape index (κ1) is 12.4. The molecule has 0 saturated carbocycles. The van der Waals surface area contributed by atoms with Gasteiger partial charge >= 0.3 is 0 Å². The van der Waals surface area contributed by atoms with Crippen molar-refractivity contribution in [2.24, 2.45) is 5.92 Å². The van der Waals surface area contributed by atoms with Crippen molar-refractivity contribution in [3.63, 3.8) is 0 Å². The summed E-state index contributed by atoms with van der Waals surface area (Å²) in [6.45, 7) is 0.637. The molecule has 0 aromatic rings. The van der Waals surface area contributed by atoms with Gasteiger partial charge in [-0.25, -0.2) is 0 Å². The van der Waals surface area contributed by atoms with Crippen LogP contribution in [0.3, 0.4) is 0 Å². The van der Waals surface area contributed by atoms with Crippen molar-refractivity contribution >= 4 is 17.7 Å². The van der Waals surface area contributed by atoms with E-state index in [0.29, 0.717) is 13.0 Å².